The molecule has 0 aliphatic carbocycles. The van der Waals surface area contributed by atoms with Crippen molar-refractivity contribution in [2.24, 2.45) is 0 Å². The molecular weight excluding hydrogens is 476 g/mol. The van der Waals surface area contributed by atoms with Crippen molar-refractivity contribution >= 4 is 34.1 Å². The van der Waals surface area contributed by atoms with Crippen molar-refractivity contribution < 1.29 is 28.2 Å². The summed E-state index contributed by atoms with van der Waals surface area (Å²) in [4.78, 5) is 29.0. The van der Waals surface area contributed by atoms with E-state index in [9.17, 15) is 23.5 Å². The molecule has 0 bridgehead atoms. The van der Waals surface area contributed by atoms with Gasteiger partial charge in [-0.15, -0.1) is 11.3 Å². The lowest BCUT2D eigenvalue weighted by molar-refractivity contribution is 0.0696. The quantitative estimate of drug-likeness (QED) is 0.370. The molecule has 0 atom stereocenters. The number of carboxylic acids is 1. The molecule has 3 rings (SSSR count). The highest BCUT2D eigenvalue weighted by molar-refractivity contribution is 7.20. The number of nitrogens with zero attached hydrogens (tertiary/aromatic N) is 2. The summed E-state index contributed by atoms with van der Waals surface area (Å²) in [5.74, 6) is -2.96. The van der Waals surface area contributed by atoms with Crippen LogP contribution < -0.4 is 10.6 Å². The summed E-state index contributed by atoms with van der Waals surface area (Å²) in [5, 5.41) is 10.2. The Morgan fingerprint density at radius 3 is 2.20 bits per heavy atom. The van der Waals surface area contributed by atoms with Gasteiger partial charge in [0, 0.05) is 28.2 Å². The molecule has 0 aliphatic rings. The SMILES string of the molecule is CCCOC(=O)N(Cc1c(F)cccc1F)c1sc(-c2ccc(N)cc2)c(CN(C)C)c1C(=O)O. The van der Waals surface area contributed by atoms with E-state index in [0.717, 1.165) is 28.4 Å². The smallest absolute Gasteiger partial charge is 0.415 e. The number of anilines is 2. The number of carbonyl (C=O) groups excluding carboxylic acids is 1. The van der Waals surface area contributed by atoms with Crippen LogP contribution in [0.4, 0.5) is 24.3 Å². The first-order valence-electron chi connectivity index (χ1n) is 10.9. The first-order chi connectivity index (χ1) is 16.6. The molecule has 35 heavy (non-hydrogen) atoms. The van der Waals surface area contributed by atoms with Crippen molar-refractivity contribution in [3.05, 3.63) is 70.8 Å². The number of thiophene rings is 1. The van der Waals surface area contributed by atoms with Crippen LogP contribution in [0.5, 0.6) is 0 Å². The third kappa shape index (κ3) is 5.95. The van der Waals surface area contributed by atoms with Gasteiger partial charge in [0.05, 0.1) is 18.7 Å². The molecule has 1 aromatic heterocycles. The van der Waals surface area contributed by atoms with Crippen molar-refractivity contribution in [3.8, 4) is 10.4 Å². The van der Waals surface area contributed by atoms with Gasteiger partial charge in [-0.2, -0.15) is 0 Å². The lowest BCUT2D eigenvalue weighted by Gasteiger charge is -2.22. The second kappa shape index (κ2) is 11.3. The molecule has 0 saturated heterocycles. The summed E-state index contributed by atoms with van der Waals surface area (Å²) in [7, 11) is 3.58. The molecule has 7 nitrogen and oxygen atoms in total. The predicted molar refractivity (Wildman–Crippen MR) is 133 cm³/mol. The number of carboxylic acid groups (broad SMARTS) is 1. The number of ether oxygens (including phenoxy) is 1. The fourth-order valence-corrected chi connectivity index (χ4v) is 4.82. The number of nitrogens with two attached hydrogens (primary N) is 1. The Labute approximate surface area is 206 Å². The van der Waals surface area contributed by atoms with Gasteiger partial charge in [0.1, 0.15) is 16.6 Å². The van der Waals surface area contributed by atoms with Crippen molar-refractivity contribution in [2.75, 3.05) is 31.3 Å². The summed E-state index contributed by atoms with van der Waals surface area (Å²) >= 11 is 1.05. The van der Waals surface area contributed by atoms with E-state index in [0.29, 0.717) is 28.1 Å². The van der Waals surface area contributed by atoms with Gasteiger partial charge in [-0.25, -0.2) is 18.4 Å². The molecule has 2 aromatic carbocycles. The van der Waals surface area contributed by atoms with Crippen molar-refractivity contribution in [1.29, 1.82) is 0 Å². The number of rotatable bonds is 9. The molecule has 0 aliphatic heterocycles. The zero-order valence-corrected chi connectivity index (χ0v) is 20.5. The van der Waals surface area contributed by atoms with Crippen molar-refractivity contribution in [2.45, 2.75) is 26.4 Å². The molecule has 0 spiro atoms. The highest BCUT2D eigenvalue weighted by Crippen LogP contribution is 2.44. The number of nitrogen functional groups attached to an aromatic ring is 1. The van der Waals surface area contributed by atoms with E-state index < -0.39 is 30.2 Å². The van der Waals surface area contributed by atoms with E-state index in [2.05, 4.69) is 0 Å². The Bertz CT molecular complexity index is 1190. The number of halogens is 2. The number of aromatic carboxylic acids is 1. The van der Waals surface area contributed by atoms with Crippen LogP contribution in [-0.4, -0.2) is 42.8 Å². The first kappa shape index (κ1) is 26.1. The minimum atomic E-state index is -1.27. The summed E-state index contributed by atoms with van der Waals surface area (Å²) in [6.07, 6.45) is -0.370. The van der Waals surface area contributed by atoms with Gasteiger partial charge in [-0.1, -0.05) is 25.1 Å². The number of hydrogen-bond acceptors (Lipinski definition) is 6. The van der Waals surface area contributed by atoms with E-state index in [1.54, 1.807) is 50.2 Å². The average Bonchev–Trinajstić information content (AvgIpc) is 3.16. The summed E-state index contributed by atoms with van der Waals surface area (Å²) < 4.78 is 34.3. The molecule has 1 heterocycles. The van der Waals surface area contributed by atoms with E-state index in [1.165, 1.54) is 6.07 Å². The lowest BCUT2D eigenvalue weighted by atomic mass is 10.0. The second-order valence-corrected chi connectivity index (χ2v) is 9.15. The first-order valence-corrected chi connectivity index (χ1v) is 11.7. The Balaban J connectivity index is 2.25. The average molecular weight is 504 g/mol. The minimum absolute atomic E-state index is 0.0323. The van der Waals surface area contributed by atoms with E-state index >= 15 is 0 Å². The summed E-state index contributed by atoms with van der Waals surface area (Å²) in [5.41, 5.74) is 7.03. The zero-order valence-electron chi connectivity index (χ0n) is 19.7. The molecule has 0 radical (unpaired) electrons. The van der Waals surface area contributed by atoms with E-state index in [4.69, 9.17) is 10.5 Å². The fourth-order valence-electron chi connectivity index (χ4n) is 3.53. The second-order valence-electron chi connectivity index (χ2n) is 8.16. The van der Waals surface area contributed by atoms with Crippen LogP contribution in [0.1, 0.15) is 34.8 Å². The van der Waals surface area contributed by atoms with Gasteiger partial charge in [0.2, 0.25) is 0 Å². The lowest BCUT2D eigenvalue weighted by Crippen LogP contribution is -2.32. The fraction of sp³-hybridized carbons (Fsp3) is 0.280. The molecule has 3 N–H and O–H groups in total. The minimum Gasteiger partial charge on any atom is -0.478 e. The van der Waals surface area contributed by atoms with Crippen LogP contribution in [0.25, 0.3) is 10.4 Å². The Kier molecular flexibility index (Phi) is 8.42. The van der Waals surface area contributed by atoms with Gasteiger partial charge >= 0.3 is 12.1 Å². The van der Waals surface area contributed by atoms with Crippen LogP contribution in [-0.2, 0) is 17.8 Å². The standard InChI is InChI=1S/C25H27F2N3O4S/c1-4-12-34-25(33)30(14-17-19(26)6-5-7-20(17)27)23-21(24(31)32)18(13-29(2)3)22(35-23)15-8-10-16(28)11-9-15/h5-11H,4,12-14,28H2,1-3H3,(H,31,32). The Hall–Kier alpha value is -3.50. The van der Waals surface area contributed by atoms with E-state index in [1.807, 2.05) is 0 Å². The monoisotopic (exact) mass is 503 g/mol. The van der Waals surface area contributed by atoms with Crippen LogP contribution >= 0.6 is 11.3 Å². The number of amides is 1. The van der Waals surface area contributed by atoms with Crippen LogP contribution in [0, 0.1) is 11.6 Å². The molecule has 3 aromatic rings. The summed E-state index contributed by atoms with van der Waals surface area (Å²) in [6.45, 7) is 1.59. The number of carbonyl (C=O) groups is 2. The van der Waals surface area contributed by atoms with Gasteiger partial charge in [-0.05, 0) is 50.3 Å². The molecule has 1 amide bonds. The van der Waals surface area contributed by atoms with Gasteiger partial charge in [0.15, 0.2) is 0 Å². The molecule has 10 heteroatoms. The Morgan fingerprint density at radius 1 is 1.03 bits per heavy atom. The molecule has 0 unspecified atom stereocenters. The van der Waals surface area contributed by atoms with E-state index in [-0.39, 0.29) is 29.3 Å². The molecule has 186 valence electrons. The van der Waals surface area contributed by atoms with Gasteiger partial charge < -0.3 is 20.5 Å². The van der Waals surface area contributed by atoms with Crippen LogP contribution in [0.15, 0.2) is 42.5 Å². The largest absolute Gasteiger partial charge is 0.478 e. The molecule has 0 fully saturated rings. The highest BCUT2D eigenvalue weighted by Gasteiger charge is 2.32. The third-order valence-corrected chi connectivity index (χ3v) is 6.43. The predicted octanol–water partition coefficient (Wildman–Crippen LogP) is 5.59. The van der Waals surface area contributed by atoms with Crippen LogP contribution in [0.3, 0.4) is 0 Å². The highest BCUT2D eigenvalue weighted by atomic mass is 32.1. The number of hydrogen-bond donors (Lipinski definition) is 2. The van der Waals surface area contributed by atoms with Gasteiger partial charge in [-0.3, -0.25) is 4.90 Å². The maximum absolute atomic E-state index is 14.5. The topological polar surface area (TPSA) is 96.1 Å². The van der Waals surface area contributed by atoms with Crippen molar-refractivity contribution in [3.63, 3.8) is 0 Å². The molecular formula is C25H27F2N3O4S. The number of benzene rings is 2. The van der Waals surface area contributed by atoms with Gasteiger partial charge in [0.25, 0.3) is 0 Å². The normalized spacial score (nSPS) is 11.0. The summed E-state index contributed by atoms with van der Waals surface area (Å²) in [6, 6.07) is 10.3. The van der Waals surface area contributed by atoms with Crippen LogP contribution in [0.2, 0.25) is 0 Å². The van der Waals surface area contributed by atoms with Crippen molar-refractivity contribution in [1.82, 2.24) is 4.90 Å². The maximum Gasteiger partial charge on any atom is 0.415 e. The molecule has 0 saturated carbocycles. The zero-order chi connectivity index (χ0) is 25.7. The third-order valence-electron chi connectivity index (χ3n) is 5.12. The Morgan fingerprint density at radius 2 is 1.66 bits per heavy atom. The maximum atomic E-state index is 14.5.